The normalized spacial score (nSPS) is 19.8. The van der Waals surface area contributed by atoms with Crippen LogP contribution in [0.3, 0.4) is 0 Å². The summed E-state index contributed by atoms with van der Waals surface area (Å²) in [6.45, 7) is 2.59. The molecular formula is C24H21ClN2O2. The number of fused-ring (bicyclic) bond motifs is 3. The van der Waals surface area contributed by atoms with Crippen molar-refractivity contribution >= 4 is 17.3 Å². The van der Waals surface area contributed by atoms with Crippen LogP contribution in [0.1, 0.15) is 42.3 Å². The lowest BCUT2D eigenvalue weighted by molar-refractivity contribution is -0.0205. The summed E-state index contributed by atoms with van der Waals surface area (Å²) < 4.78 is 12.3. The molecular weight excluding hydrogens is 384 g/mol. The smallest absolute Gasteiger partial charge is 0.217 e. The van der Waals surface area contributed by atoms with Gasteiger partial charge in [0.2, 0.25) is 6.23 Å². The summed E-state index contributed by atoms with van der Waals surface area (Å²) in [6.07, 6.45) is 0.470. The van der Waals surface area contributed by atoms with E-state index in [1.807, 2.05) is 61.5 Å². The van der Waals surface area contributed by atoms with Crippen LogP contribution in [0.2, 0.25) is 5.02 Å². The van der Waals surface area contributed by atoms with Crippen LogP contribution in [-0.2, 0) is 0 Å². The average Bonchev–Trinajstić information content (AvgIpc) is 3.20. The van der Waals surface area contributed by atoms with E-state index >= 15 is 0 Å². The van der Waals surface area contributed by atoms with Crippen molar-refractivity contribution < 1.29 is 9.47 Å². The lowest BCUT2D eigenvalue weighted by Gasteiger charge is -2.38. The first-order valence-electron chi connectivity index (χ1n) is 9.83. The van der Waals surface area contributed by atoms with E-state index in [9.17, 15) is 0 Å². The van der Waals surface area contributed by atoms with Crippen molar-refractivity contribution in [1.29, 1.82) is 0 Å². The van der Waals surface area contributed by atoms with Crippen molar-refractivity contribution in [3.63, 3.8) is 0 Å². The molecule has 5 rings (SSSR count). The van der Waals surface area contributed by atoms with Gasteiger partial charge in [-0.1, -0.05) is 54.1 Å². The maximum atomic E-state index is 6.44. The molecule has 2 heterocycles. The second-order valence-corrected chi connectivity index (χ2v) is 7.57. The maximum absolute atomic E-state index is 6.44. The minimum atomic E-state index is -0.345. The Bertz CT molecular complexity index is 1060. The van der Waals surface area contributed by atoms with E-state index in [1.165, 1.54) is 0 Å². The Morgan fingerprint density at radius 3 is 2.52 bits per heavy atom. The highest BCUT2D eigenvalue weighted by molar-refractivity contribution is 6.30. The van der Waals surface area contributed by atoms with Gasteiger partial charge in [0.05, 0.1) is 23.9 Å². The number of hydrogen-bond acceptors (Lipinski definition) is 4. The fraction of sp³-hybridized carbons (Fsp3) is 0.208. The first kappa shape index (κ1) is 18.1. The summed E-state index contributed by atoms with van der Waals surface area (Å²) in [5.74, 6) is 1.73. The largest absolute Gasteiger partial charge is 0.493 e. The Balaban J connectivity index is 1.60. The van der Waals surface area contributed by atoms with Crippen molar-refractivity contribution in [3.8, 4) is 11.5 Å². The molecule has 5 heteroatoms. The highest BCUT2D eigenvalue weighted by Crippen LogP contribution is 2.48. The monoisotopic (exact) mass is 404 g/mol. The van der Waals surface area contributed by atoms with Crippen LogP contribution in [0.25, 0.3) is 0 Å². The topological polar surface area (TPSA) is 34.1 Å². The first-order valence-corrected chi connectivity index (χ1v) is 10.2. The molecule has 0 spiro atoms. The van der Waals surface area contributed by atoms with Crippen molar-refractivity contribution in [2.45, 2.75) is 25.6 Å². The molecule has 3 aromatic carbocycles. The maximum Gasteiger partial charge on any atom is 0.217 e. The predicted molar refractivity (Wildman–Crippen MR) is 115 cm³/mol. The molecule has 146 valence electrons. The Morgan fingerprint density at radius 2 is 1.72 bits per heavy atom. The second-order valence-electron chi connectivity index (χ2n) is 7.13. The van der Waals surface area contributed by atoms with Gasteiger partial charge in [-0.3, -0.25) is 0 Å². The zero-order chi connectivity index (χ0) is 19.8. The van der Waals surface area contributed by atoms with Gasteiger partial charge in [0.15, 0.2) is 0 Å². The predicted octanol–water partition coefficient (Wildman–Crippen LogP) is 5.98. The van der Waals surface area contributed by atoms with Crippen molar-refractivity contribution in [1.82, 2.24) is 5.01 Å². The van der Waals surface area contributed by atoms with E-state index in [4.69, 9.17) is 26.2 Å². The molecule has 0 unspecified atom stereocenters. The number of rotatable bonds is 4. The zero-order valence-corrected chi connectivity index (χ0v) is 16.8. The molecule has 0 radical (unpaired) electrons. The third-order valence-corrected chi connectivity index (χ3v) is 5.61. The summed E-state index contributed by atoms with van der Waals surface area (Å²) in [7, 11) is 0. The molecule has 29 heavy (non-hydrogen) atoms. The van der Waals surface area contributed by atoms with Crippen LogP contribution in [0, 0.1) is 0 Å². The van der Waals surface area contributed by atoms with Gasteiger partial charge in [0.25, 0.3) is 0 Å². The van der Waals surface area contributed by atoms with Gasteiger partial charge in [-0.15, -0.1) is 0 Å². The number of hydrogen-bond donors (Lipinski definition) is 0. The number of hydrazone groups is 1. The average molecular weight is 405 g/mol. The molecule has 0 aromatic heterocycles. The third kappa shape index (κ3) is 3.23. The van der Waals surface area contributed by atoms with Crippen molar-refractivity contribution in [2.24, 2.45) is 5.10 Å². The summed E-state index contributed by atoms with van der Waals surface area (Å²) in [4.78, 5) is 0. The summed E-state index contributed by atoms with van der Waals surface area (Å²) in [5, 5.41) is 7.79. The fourth-order valence-corrected chi connectivity index (χ4v) is 4.15. The van der Waals surface area contributed by atoms with E-state index in [1.54, 1.807) is 0 Å². The highest BCUT2D eigenvalue weighted by atomic mass is 35.5. The van der Waals surface area contributed by atoms with Gasteiger partial charge >= 0.3 is 0 Å². The molecule has 2 aliphatic heterocycles. The standard InChI is InChI=1S/C24H21ClN2O2/c1-2-28-22-9-5-4-8-19(22)24-27-21(18-7-3-6-10-23(18)29-24)15-20(26-27)16-11-13-17(25)14-12-16/h3-14,21,24H,2,15H2,1H3/t21-,24+/m0/s1. The number of halogens is 1. The van der Waals surface area contributed by atoms with Gasteiger partial charge in [-0.25, -0.2) is 5.01 Å². The van der Waals surface area contributed by atoms with Crippen molar-refractivity contribution in [3.05, 3.63) is 94.5 Å². The van der Waals surface area contributed by atoms with Gasteiger partial charge < -0.3 is 9.47 Å². The number of ether oxygens (including phenoxy) is 2. The molecule has 2 atom stereocenters. The molecule has 0 bridgehead atoms. The van der Waals surface area contributed by atoms with Crippen LogP contribution in [-0.4, -0.2) is 17.3 Å². The Morgan fingerprint density at radius 1 is 1.00 bits per heavy atom. The molecule has 3 aromatic rings. The van der Waals surface area contributed by atoms with Gasteiger partial charge in [0, 0.05) is 17.0 Å². The Kier molecular flexibility index (Phi) is 4.64. The van der Waals surface area contributed by atoms with Crippen LogP contribution >= 0.6 is 11.6 Å². The van der Waals surface area contributed by atoms with E-state index in [0.717, 1.165) is 45.3 Å². The molecule has 0 saturated heterocycles. The molecule has 0 amide bonds. The number of para-hydroxylation sites is 2. The minimum Gasteiger partial charge on any atom is -0.493 e. The summed E-state index contributed by atoms with van der Waals surface area (Å²) >= 11 is 6.07. The molecule has 0 fully saturated rings. The minimum absolute atomic E-state index is 0.116. The van der Waals surface area contributed by atoms with Crippen LogP contribution in [0.5, 0.6) is 11.5 Å². The van der Waals surface area contributed by atoms with E-state index in [-0.39, 0.29) is 12.3 Å². The summed E-state index contributed by atoms with van der Waals surface area (Å²) in [6, 6.07) is 24.2. The van der Waals surface area contributed by atoms with E-state index < -0.39 is 0 Å². The SMILES string of the molecule is CCOc1ccccc1[C@H]1Oc2ccccc2[C@@H]2CC(c3ccc(Cl)cc3)=NN12. The lowest BCUT2D eigenvalue weighted by Crippen LogP contribution is -2.34. The number of benzene rings is 3. The van der Waals surface area contributed by atoms with Crippen LogP contribution in [0.4, 0.5) is 0 Å². The fourth-order valence-electron chi connectivity index (χ4n) is 4.03. The first-order chi connectivity index (χ1) is 14.2. The Labute approximate surface area is 175 Å². The highest BCUT2D eigenvalue weighted by Gasteiger charge is 2.41. The molecule has 4 nitrogen and oxygen atoms in total. The van der Waals surface area contributed by atoms with Crippen molar-refractivity contribution in [2.75, 3.05) is 6.61 Å². The third-order valence-electron chi connectivity index (χ3n) is 5.36. The van der Waals surface area contributed by atoms with Crippen LogP contribution < -0.4 is 9.47 Å². The lowest BCUT2D eigenvalue weighted by atomic mass is 9.96. The van der Waals surface area contributed by atoms with Crippen LogP contribution in [0.15, 0.2) is 77.9 Å². The second kappa shape index (κ2) is 7.45. The number of nitrogens with zero attached hydrogens (tertiary/aromatic N) is 2. The Hall–Kier alpha value is -2.98. The zero-order valence-electron chi connectivity index (χ0n) is 16.1. The van der Waals surface area contributed by atoms with E-state index in [0.29, 0.717) is 6.61 Å². The quantitative estimate of drug-likeness (QED) is 0.536. The van der Waals surface area contributed by atoms with Gasteiger partial charge in [0.1, 0.15) is 11.5 Å². The molecule has 2 aliphatic rings. The molecule has 0 saturated carbocycles. The molecule has 0 aliphatic carbocycles. The summed E-state index contributed by atoms with van der Waals surface area (Å²) in [5.41, 5.74) is 4.25. The van der Waals surface area contributed by atoms with Gasteiger partial charge in [-0.05, 0) is 42.8 Å². The van der Waals surface area contributed by atoms with E-state index in [2.05, 4.69) is 23.2 Å². The molecule has 0 N–H and O–H groups in total. The van der Waals surface area contributed by atoms with Gasteiger partial charge in [-0.2, -0.15) is 5.10 Å².